The summed E-state index contributed by atoms with van der Waals surface area (Å²) >= 11 is 6.20. The highest BCUT2D eigenvalue weighted by atomic mass is 35.5. The topological polar surface area (TPSA) is 103 Å². The molecule has 3 aromatic rings. The Balaban J connectivity index is 1.46. The van der Waals surface area contributed by atoms with Crippen molar-refractivity contribution in [1.29, 1.82) is 0 Å². The van der Waals surface area contributed by atoms with E-state index in [2.05, 4.69) is 10.1 Å². The fourth-order valence-electron chi connectivity index (χ4n) is 3.70. The third-order valence-corrected chi connectivity index (χ3v) is 7.21. The first-order valence-electron chi connectivity index (χ1n) is 10.3. The maximum atomic E-state index is 12.6. The minimum atomic E-state index is -4.05. The minimum Gasteiger partial charge on any atom is -0.476 e. The summed E-state index contributed by atoms with van der Waals surface area (Å²) in [5.74, 6) is 0.574. The molecule has 1 aliphatic rings. The van der Waals surface area contributed by atoms with Gasteiger partial charge in [0.2, 0.25) is 5.88 Å². The standard InChI is InChI=1S/C22H23ClN4O4S/c1-15-6-2-5-9-18(15)32(29,30)26-22(28)17-10-11-19(24-21(17)23)27-13-12-20(25-27)31-14-16-7-3-4-8-16/h2,5-6,9-13,16H,3-4,7-8,14H2,1H3,(H,26,28). The second-order valence-electron chi connectivity index (χ2n) is 7.77. The third-order valence-electron chi connectivity index (χ3n) is 5.43. The highest BCUT2D eigenvalue weighted by Gasteiger charge is 2.23. The molecule has 32 heavy (non-hydrogen) atoms. The summed E-state index contributed by atoms with van der Waals surface area (Å²) in [7, 11) is -4.05. The van der Waals surface area contributed by atoms with Crippen molar-refractivity contribution in [2.45, 2.75) is 37.5 Å². The zero-order valence-electron chi connectivity index (χ0n) is 17.5. The molecule has 0 atom stereocenters. The van der Waals surface area contributed by atoms with Crippen LogP contribution in [0.2, 0.25) is 5.15 Å². The number of carbonyl (C=O) groups excluding carboxylic acids is 1. The first-order chi connectivity index (χ1) is 15.3. The number of hydrogen-bond acceptors (Lipinski definition) is 6. The molecule has 0 unspecified atom stereocenters. The predicted molar refractivity (Wildman–Crippen MR) is 120 cm³/mol. The van der Waals surface area contributed by atoms with Gasteiger partial charge in [-0.15, -0.1) is 5.10 Å². The van der Waals surface area contributed by atoms with Gasteiger partial charge in [-0.25, -0.2) is 22.8 Å². The van der Waals surface area contributed by atoms with E-state index in [1.54, 1.807) is 37.4 Å². The molecule has 0 bridgehead atoms. The molecule has 0 radical (unpaired) electrons. The quantitative estimate of drug-likeness (QED) is 0.520. The molecule has 0 aliphatic heterocycles. The molecule has 1 N–H and O–H groups in total. The van der Waals surface area contributed by atoms with Gasteiger partial charge in [0.1, 0.15) is 5.15 Å². The van der Waals surface area contributed by atoms with E-state index < -0.39 is 15.9 Å². The number of nitrogens with zero attached hydrogens (tertiary/aromatic N) is 3. The molecule has 2 heterocycles. The number of benzene rings is 1. The van der Waals surface area contributed by atoms with Crippen molar-refractivity contribution < 1.29 is 17.9 Å². The van der Waals surface area contributed by atoms with E-state index in [4.69, 9.17) is 16.3 Å². The highest BCUT2D eigenvalue weighted by molar-refractivity contribution is 7.90. The number of rotatable bonds is 7. The van der Waals surface area contributed by atoms with E-state index in [0.29, 0.717) is 29.8 Å². The molecule has 1 aliphatic carbocycles. The van der Waals surface area contributed by atoms with Crippen LogP contribution in [0.1, 0.15) is 41.6 Å². The molecular formula is C22H23ClN4O4S. The number of nitrogens with one attached hydrogen (secondary N) is 1. The number of amides is 1. The zero-order valence-corrected chi connectivity index (χ0v) is 19.1. The molecule has 1 amide bonds. The zero-order chi connectivity index (χ0) is 22.7. The number of pyridine rings is 1. The van der Waals surface area contributed by atoms with Gasteiger partial charge in [0.15, 0.2) is 5.82 Å². The van der Waals surface area contributed by atoms with Gasteiger partial charge in [0.25, 0.3) is 15.9 Å². The van der Waals surface area contributed by atoms with E-state index >= 15 is 0 Å². The van der Waals surface area contributed by atoms with Gasteiger partial charge in [0.05, 0.1) is 17.1 Å². The van der Waals surface area contributed by atoms with Gasteiger partial charge < -0.3 is 4.74 Å². The van der Waals surface area contributed by atoms with Gasteiger partial charge in [-0.2, -0.15) is 0 Å². The highest BCUT2D eigenvalue weighted by Crippen LogP contribution is 2.25. The van der Waals surface area contributed by atoms with Crippen LogP contribution in [0.25, 0.3) is 5.82 Å². The fourth-order valence-corrected chi connectivity index (χ4v) is 5.15. The van der Waals surface area contributed by atoms with Crippen LogP contribution in [0.4, 0.5) is 0 Å². The first-order valence-corrected chi connectivity index (χ1v) is 12.2. The number of halogens is 1. The van der Waals surface area contributed by atoms with Crippen molar-refractivity contribution >= 4 is 27.5 Å². The molecule has 1 saturated carbocycles. The second kappa shape index (κ2) is 9.30. The van der Waals surface area contributed by atoms with Crippen molar-refractivity contribution in [3.63, 3.8) is 0 Å². The molecule has 0 saturated heterocycles. The molecule has 4 rings (SSSR count). The van der Waals surface area contributed by atoms with E-state index in [0.717, 1.165) is 0 Å². The van der Waals surface area contributed by atoms with Crippen LogP contribution in [0.3, 0.4) is 0 Å². The SMILES string of the molecule is Cc1ccccc1S(=O)(=O)NC(=O)c1ccc(-n2ccc(OCC3CCCC3)n2)nc1Cl. The summed E-state index contributed by atoms with van der Waals surface area (Å²) in [5, 5.41) is 4.21. The lowest BCUT2D eigenvalue weighted by Crippen LogP contribution is -2.31. The smallest absolute Gasteiger partial charge is 0.268 e. The Morgan fingerprint density at radius 3 is 2.66 bits per heavy atom. The Bertz CT molecular complexity index is 1240. The van der Waals surface area contributed by atoms with E-state index in [1.807, 2.05) is 4.72 Å². The van der Waals surface area contributed by atoms with Crippen LogP contribution in [0.5, 0.6) is 5.88 Å². The Labute approximate surface area is 191 Å². The van der Waals surface area contributed by atoms with Crippen molar-refractivity contribution in [2.75, 3.05) is 6.61 Å². The molecule has 2 aromatic heterocycles. The average Bonchev–Trinajstić information content (AvgIpc) is 3.44. The fraction of sp³-hybridized carbons (Fsp3) is 0.318. The van der Waals surface area contributed by atoms with Crippen LogP contribution in [0.15, 0.2) is 53.6 Å². The summed E-state index contributed by atoms with van der Waals surface area (Å²) in [6.45, 7) is 2.29. The molecule has 0 spiro atoms. The van der Waals surface area contributed by atoms with Crippen molar-refractivity contribution in [2.24, 2.45) is 5.92 Å². The predicted octanol–water partition coefficient (Wildman–Crippen LogP) is 3.92. The molecule has 1 fully saturated rings. The number of sulfonamides is 1. The first kappa shape index (κ1) is 22.3. The number of aryl methyl sites for hydroxylation is 1. The van der Waals surface area contributed by atoms with E-state index in [-0.39, 0.29) is 15.6 Å². The van der Waals surface area contributed by atoms with Crippen molar-refractivity contribution in [3.8, 4) is 11.7 Å². The molecule has 8 nitrogen and oxygen atoms in total. The minimum absolute atomic E-state index is 0.0238. The van der Waals surface area contributed by atoms with Gasteiger partial charge in [-0.05, 0) is 49.4 Å². The van der Waals surface area contributed by atoms with Crippen LogP contribution >= 0.6 is 11.6 Å². The lowest BCUT2D eigenvalue weighted by Gasteiger charge is -2.10. The average molecular weight is 475 g/mol. The second-order valence-corrected chi connectivity index (χ2v) is 9.78. The summed E-state index contributed by atoms with van der Waals surface area (Å²) in [6, 6.07) is 11.1. The van der Waals surface area contributed by atoms with Crippen molar-refractivity contribution in [1.82, 2.24) is 19.5 Å². The Hall–Kier alpha value is -2.91. The van der Waals surface area contributed by atoms with E-state index in [1.165, 1.54) is 48.6 Å². The normalized spacial score (nSPS) is 14.4. The monoisotopic (exact) mass is 474 g/mol. The Kier molecular flexibility index (Phi) is 6.48. The number of carbonyl (C=O) groups is 1. The summed E-state index contributed by atoms with van der Waals surface area (Å²) in [5.41, 5.74) is 0.467. The van der Waals surface area contributed by atoms with Gasteiger partial charge in [0, 0.05) is 12.3 Å². The Morgan fingerprint density at radius 2 is 1.94 bits per heavy atom. The van der Waals surface area contributed by atoms with Crippen LogP contribution in [0, 0.1) is 12.8 Å². The maximum Gasteiger partial charge on any atom is 0.268 e. The summed E-state index contributed by atoms with van der Waals surface area (Å²) in [4.78, 5) is 16.8. The Morgan fingerprint density at radius 1 is 1.19 bits per heavy atom. The van der Waals surface area contributed by atoms with Gasteiger partial charge >= 0.3 is 0 Å². The lowest BCUT2D eigenvalue weighted by molar-refractivity contribution is 0.0981. The third kappa shape index (κ3) is 4.94. The molecule has 1 aromatic carbocycles. The lowest BCUT2D eigenvalue weighted by atomic mass is 10.1. The van der Waals surface area contributed by atoms with Crippen LogP contribution in [-0.2, 0) is 10.0 Å². The number of hydrogen-bond donors (Lipinski definition) is 1. The molecule has 168 valence electrons. The van der Waals surface area contributed by atoms with Crippen LogP contribution in [-0.4, -0.2) is 35.7 Å². The van der Waals surface area contributed by atoms with E-state index in [9.17, 15) is 13.2 Å². The van der Waals surface area contributed by atoms with Crippen molar-refractivity contribution in [3.05, 3.63) is 64.9 Å². The maximum absolute atomic E-state index is 12.6. The van der Waals surface area contributed by atoms with Crippen LogP contribution < -0.4 is 9.46 Å². The number of aromatic nitrogens is 3. The summed E-state index contributed by atoms with van der Waals surface area (Å²) < 4.78 is 34.4. The largest absolute Gasteiger partial charge is 0.476 e. The molecular weight excluding hydrogens is 452 g/mol. The number of ether oxygens (including phenoxy) is 1. The molecule has 10 heteroatoms. The summed E-state index contributed by atoms with van der Waals surface area (Å²) in [6.07, 6.45) is 6.54. The van der Waals surface area contributed by atoms with Gasteiger partial charge in [-0.3, -0.25) is 4.79 Å². The van der Waals surface area contributed by atoms with Gasteiger partial charge in [-0.1, -0.05) is 42.6 Å².